The number of hydrogen-bond donors (Lipinski definition) is 1. The maximum atomic E-state index is 12.5. The van der Waals surface area contributed by atoms with Gasteiger partial charge in [0.25, 0.3) is 0 Å². The van der Waals surface area contributed by atoms with Gasteiger partial charge in [0.2, 0.25) is 5.91 Å². The number of carbonyl (C=O) groups excluding carboxylic acids is 1. The Morgan fingerprint density at radius 1 is 0.962 bits per heavy atom. The predicted octanol–water partition coefficient (Wildman–Crippen LogP) is 4.28. The SMILES string of the molecule is COc1ccc(OC)c([C@H](C)NC(=O)Cc2ccc3ccccc3c2)c1. The summed E-state index contributed by atoms with van der Waals surface area (Å²) in [6.07, 6.45) is 0.335. The van der Waals surface area contributed by atoms with Gasteiger partial charge in [0.15, 0.2) is 0 Å². The van der Waals surface area contributed by atoms with Crippen LogP contribution < -0.4 is 14.8 Å². The second-order valence-corrected chi connectivity index (χ2v) is 6.26. The minimum absolute atomic E-state index is 0.0299. The van der Waals surface area contributed by atoms with Gasteiger partial charge in [-0.15, -0.1) is 0 Å². The van der Waals surface area contributed by atoms with Crippen molar-refractivity contribution in [3.05, 3.63) is 71.8 Å². The Hall–Kier alpha value is -3.01. The molecule has 1 atom stereocenters. The Kier molecular flexibility index (Phi) is 5.42. The molecule has 3 aromatic rings. The second-order valence-electron chi connectivity index (χ2n) is 6.26. The van der Waals surface area contributed by atoms with Gasteiger partial charge in [-0.1, -0.05) is 42.5 Å². The van der Waals surface area contributed by atoms with E-state index < -0.39 is 0 Å². The molecule has 0 aliphatic heterocycles. The third-order valence-electron chi connectivity index (χ3n) is 4.46. The van der Waals surface area contributed by atoms with Crippen LogP contribution in [-0.4, -0.2) is 20.1 Å². The van der Waals surface area contributed by atoms with Crippen LogP contribution in [0.15, 0.2) is 60.7 Å². The molecule has 4 heteroatoms. The number of nitrogens with one attached hydrogen (secondary N) is 1. The quantitative estimate of drug-likeness (QED) is 0.723. The first-order valence-electron chi connectivity index (χ1n) is 8.59. The highest BCUT2D eigenvalue weighted by Crippen LogP contribution is 2.29. The fourth-order valence-corrected chi connectivity index (χ4v) is 3.08. The molecular weight excluding hydrogens is 326 g/mol. The molecule has 0 aliphatic rings. The number of fused-ring (bicyclic) bond motifs is 1. The number of methoxy groups -OCH3 is 2. The van der Waals surface area contributed by atoms with Crippen molar-refractivity contribution in [1.82, 2.24) is 5.32 Å². The summed E-state index contributed by atoms with van der Waals surface area (Å²) < 4.78 is 10.7. The molecular formula is C22H23NO3. The van der Waals surface area contributed by atoms with Crippen LogP contribution >= 0.6 is 0 Å². The van der Waals surface area contributed by atoms with Gasteiger partial charge >= 0.3 is 0 Å². The fourth-order valence-electron chi connectivity index (χ4n) is 3.08. The molecule has 3 rings (SSSR count). The van der Waals surface area contributed by atoms with Gasteiger partial charge < -0.3 is 14.8 Å². The summed E-state index contributed by atoms with van der Waals surface area (Å²) in [7, 11) is 3.24. The summed E-state index contributed by atoms with van der Waals surface area (Å²) in [5.74, 6) is 1.43. The molecule has 26 heavy (non-hydrogen) atoms. The largest absolute Gasteiger partial charge is 0.497 e. The van der Waals surface area contributed by atoms with E-state index in [1.54, 1.807) is 14.2 Å². The summed E-state index contributed by atoms with van der Waals surface area (Å²) in [6, 6.07) is 19.6. The van der Waals surface area contributed by atoms with Crippen molar-refractivity contribution in [2.75, 3.05) is 14.2 Å². The number of benzene rings is 3. The summed E-state index contributed by atoms with van der Waals surface area (Å²) in [6.45, 7) is 1.94. The Morgan fingerprint density at radius 3 is 2.46 bits per heavy atom. The minimum atomic E-state index is -0.187. The molecule has 0 bridgehead atoms. The molecule has 0 heterocycles. The Labute approximate surface area is 153 Å². The number of amides is 1. The van der Waals surface area contributed by atoms with Crippen molar-refractivity contribution in [2.45, 2.75) is 19.4 Å². The minimum Gasteiger partial charge on any atom is -0.497 e. The van der Waals surface area contributed by atoms with Crippen molar-refractivity contribution < 1.29 is 14.3 Å². The second kappa shape index (κ2) is 7.91. The van der Waals surface area contributed by atoms with Gasteiger partial charge in [-0.3, -0.25) is 4.79 Å². The third kappa shape index (κ3) is 3.97. The molecule has 3 aromatic carbocycles. The summed E-state index contributed by atoms with van der Waals surface area (Å²) in [4.78, 5) is 12.5. The molecule has 0 radical (unpaired) electrons. The smallest absolute Gasteiger partial charge is 0.224 e. The van der Waals surface area contributed by atoms with Crippen molar-refractivity contribution in [1.29, 1.82) is 0 Å². The molecule has 0 unspecified atom stereocenters. The van der Waals surface area contributed by atoms with Crippen molar-refractivity contribution in [3.8, 4) is 11.5 Å². The first-order chi connectivity index (χ1) is 12.6. The lowest BCUT2D eigenvalue weighted by Crippen LogP contribution is -2.28. The van der Waals surface area contributed by atoms with E-state index in [0.717, 1.165) is 28.0 Å². The average Bonchev–Trinajstić information content (AvgIpc) is 2.67. The van der Waals surface area contributed by atoms with Gasteiger partial charge in [0, 0.05) is 5.56 Å². The van der Waals surface area contributed by atoms with E-state index in [2.05, 4.69) is 23.5 Å². The lowest BCUT2D eigenvalue weighted by atomic mass is 10.0. The van der Waals surface area contributed by atoms with Gasteiger partial charge in [-0.25, -0.2) is 0 Å². The normalized spacial score (nSPS) is 11.8. The molecule has 0 saturated carbocycles. The van der Waals surface area contributed by atoms with Gasteiger partial charge in [0.05, 0.1) is 26.7 Å². The molecule has 1 N–H and O–H groups in total. The highest BCUT2D eigenvalue weighted by molar-refractivity contribution is 5.85. The van der Waals surface area contributed by atoms with Crippen LogP contribution in [0, 0.1) is 0 Å². The Bertz CT molecular complexity index is 920. The van der Waals surface area contributed by atoms with E-state index in [1.165, 1.54) is 5.39 Å². The summed E-state index contributed by atoms with van der Waals surface area (Å²) >= 11 is 0. The van der Waals surface area contributed by atoms with E-state index in [4.69, 9.17) is 9.47 Å². The highest BCUT2D eigenvalue weighted by Gasteiger charge is 2.15. The van der Waals surface area contributed by atoms with E-state index >= 15 is 0 Å². The van der Waals surface area contributed by atoms with Gasteiger partial charge in [-0.2, -0.15) is 0 Å². The van der Waals surface area contributed by atoms with Crippen LogP contribution in [0.5, 0.6) is 11.5 Å². The van der Waals surface area contributed by atoms with E-state index in [9.17, 15) is 4.79 Å². The highest BCUT2D eigenvalue weighted by atomic mass is 16.5. The molecule has 0 saturated heterocycles. The van der Waals surface area contributed by atoms with E-state index in [-0.39, 0.29) is 11.9 Å². The average molecular weight is 349 g/mol. The van der Waals surface area contributed by atoms with Crippen LogP contribution in [0.4, 0.5) is 0 Å². The fraction of sp³-hybridized carbons (Fsp3) is 0.227. The maximum Gasteiger partial charge on any atom is 0.224 e. The van der Waals surface area contributed by atoms with Crippen molar-refractivity contribution >= 4 is 16.7 Å². The number of rotatable bonds is 6. The summed E-state index contributed by atoms with van der Waals surface area (Å²) in [5.41, 5.74) is 1.88. The van der Waals surface area contributed by atoms with Crippen molar-refractivity contribution in [3.63, 3.8) is 0 Å². The van der Waals surface area contributed by atoms with E-state index in [1.807, 2.05) is 49.4 Å². The molecule has 134 valence electrons. The number of ether oxygens (including phenoxy) is 2. The Balaban J connectivity index is 1.72. The zero-order valence-electron chi connectivity index (χ0n) is 15.3. The monoisotopic (exact) mass is 349 g/mol. The topological polar surface area (TPSA) is 47.6 Å². The van der Waals surface area contributed by atoms with Crippen LogP contribution in [0.2, 0.25) is 0 Å². The molecule has 0 fully saturated rings. The molecule has 4 nitrogen and oxygen atoms in total. The zero-order valence-corrected chi connectivity index (χ0v) is 15.3. The predicted molar refractivity (Wildman–Crippen MR) is 104 cm³/mol. The Morgan fingerprint density at radius 2 is 1.73 bits per heavy atom. The molecule has 1 amide bonds. The number of carbonyl (C=O) groups is 1. The third-order valence-corrected chi connectivity index (χ3v) is 4.46. The standard InChI is InChI=1S/C22H23NO3/c1-15(20-14-19(25-2)10-11-21(20)26-3)23-22(24)13-16-8-9-17-6-4-5-7-18(17)12-16/h4-12,14-15H,13H2,1-3H3,(H,23,24)/t15-/m0/s1. The zero-order chi connectivity index (χ0) is 18.5. The summed E-state index contributed by atoms with van der Waals surface area (Å²) in [5, 5.41) is 5.36. The molecule has 0 aromatic heterocycles. The van der Waals surface area contributed by atoms with Crippen molar-refractivity contribution in [2.24, 2.45) is 0 Å². The van der Waals surface area contributed by atoms with Crippen LogP contribution in [-0.2, 0) is 11.2 Å². The van der Waals surface area contributed by atoms with E-state index in [0.29, 0.717) is 6.42 Å². The lowest BCUT2D eigenvalue weighted by molar-refractivity contribution is -0.121. The molecule has 0 aliphatic carbocycles. The maximum absolute atomic E-state index is 12.5. The van der Waals surface area contributed by atoms with Crippen LogP contribution in [0.1, 0.15) is 24.1 Å². The van der Waals surface area contributed by atoms with Gasteiger partial charge in [0.1, 0.15) is 11.5 Å². The first-order valence-corrected chi connectivity index (χ1v) is 8.59. The lowest BCUT2D eigenvalue weighted by Gasteiger charge is -2.18. The number of hydrogen-bond acceptors (Lipinski definition) is 3. The van der Waals surface area contributed by atoms with Gasteiger partial charge in [-0.05, 0) is 41.5 Å². The van der Waals surface area contributed by atoms with Crippen LogP contribution in [0.25, 0.3) is 10.8 Å². The van der Waals surface area contributed by atoms with Crippen LogP contribution in [0.3, 0.4) is 0 Å². The first kappa shape index (κ1) is 17.8. The molecule has 0 spiro atoms.